The molecule has 0 aliphatic heterocycles. The Morgan fingerprint density at radius 2 is 2.08 bits per heavy atom. The van der Waals surface area contributed by atoms with Crippen LogP contribution in [0.15, 0.2) is 11.3 Å². The maximum absolute atomic E-state index is 11.1. The minimum atomic E-state index is -3.90. The van der Waals surface area contributed by atoms with Crippen LogP contribution in [0.4, 0.5) is 0 Å². The molecule has 0 fully saturated rings. The first kappa shape index (κ1) is 12.9. The largest absolute Gasteiger partial charge is 0.417 e. The maximum Gasteiger partial charge on any atom is 0.375 e. The van der Waals surface area contributed by atoms with Crippen molar-refractivity contribution in [2.45, 2.75) is 0 Å². The van der Waals surface area contributed by atoms with Crippen LogP contribution in [0.25, 0.3) is 0 Å². The van der Waals surface area contributed by atoms with Gasteiger partial charge in [0.15, 0.2) is 0 Å². The number of halogens is 1. The number of amides is 1. The number of hydrogen-bond donors (Lipinski definition) is 2. The fraction of sp³-hybridized carbons (Fsp3) is 0.400. The highest BCUT2D eigenvalue weighted by Crippen LogP contribution is 2.39. The molecule has 76 valence electrons. The SMILES string of the molecule is CN(C)C(=O)C(=CCl)OP(O)(O)=S. The summed E-state index contributed by atoms with van der Waals surface area (Å²) < 4.78 is 4.39. The van der Waals surface area contributed by atoms with E-state index in [9.17, 15) is 4.79 Å². The van der Waals surface area contributed by atoms with Gasteiger partial charge in [-0.3, -0.25) is 4.79 Å². The second-order valence-electron chi connectivity index (χ2n) is 2.25. The number of carbonyl (C=O) groups excluding carboxylic acids is 1. The van der Waals surface area contributed by atoms with Gasteiger partial charge in [-0.05, 0) is 0 Å². The molecule has 0 bridgehead atoms. The first-order valence-electron chi connectivity index (χ1n) is 3.05. The van der Waals surface area contributed by atoms with Gasteiger partial charge in [-0.25, -0.2) is 0 Å². The van der Waals surface area contributed by atoms with Crippen LogP contribution in [0, 0.1) is 0 Å². The highest BCUT2D eigenvalue weighted by atomic mass is 35.5. The third kappa shape index (κ3) is 5.23. The molecule has 0 rings (SSSR count). The van der Waals surface area contributed by atoms with Crippen LogP contribution in [-0.2, 0) is 21.1 Å². The van der Waals surface area contributed by atoms with Gasteiger partial charge in [0, 0.05) is 25.9 Å². The number of hydrogen-bond acceptors (Lipinski definition) is 3. The number of carbonyl (C=O) groups is 1. The molecule has 0 aromatic carbocycles. The topological polar surface area (TPSA) is 70.0 Å². The summed E-state index contributed by atoms with van der Waals surface area (Å²) in [5, 5.41) is 0. The average molecular weight is 246 g/mol. The molecule has 5 nitrogen and oxygen atoms in total. The van der Waals surface area contributed by atoms with E-state index in [4.69, 9.17) is 21.4 Å². The summed E-state index contributed by atoms with van der Waals surface area (Å²) in [7, 11) is 2.93. The van der Waals surface area contributed by atoms with Gasteiger partial charge < -0.3 is 19.2 Å². The van der Waals surface area contributed by atoms with Crippen molar-refractivity contribution in [2.75, 3.05) is 14.1 Å². The Kier molecular flexibility index (Phi) is 4.88. The molecule has 1 amide bonds. The van der Waals surface area contributed by atoms with Crippen LogP contribution < -0.4 is 0 Å². The maximum atomic E-state index is 11.1. The molecule has 0 radical (unpaired) electrons. The van der Waals surface area contributed by atoms with E-state index in [2.05, 4.69) is 16.3 Å². The molecule has 0 spiro atoms. The van der Waals surface area contributed by atoms with E-state index in [1.807, 2.05) is 0 Å². The molecule has 13 heavy (non-hydrogen) atoms. The molecule has 0 aliphatic rings. The zero-order chi connectivity index (χ0) is 10.6. The Balaban J connectivity index is 4.58. The smallest absolute Gasteiger partial charge is 0.375 e. The first-order valence-corrected chi connectivity index (χ1v) is 6.11. The molecule has 0 aromatic rings. The molecule has 0 saturated carbocycles. The summed E-state index contributed by atoms with van der Waals surface area (Å²) in [6.07, 6.45) is 0. The first-order chi connectivity index (χ1) is 5.78. The summed E-state index contributed by atoms with van der Waals surface area (Å²) in [5.41, 5.74) is 0.801. The Morgan fingerprint density at radius 1 is 1.62 bits per heavy atom. The van der Waals surface area contributed by atoms with Crippen LogP contribution >= 0.6 is 18.3 Å². The predicted molar refractivity (Wildman–Crippen MR) is 52.4 cm³/mol. The summed E-state index contributed by atoms with van der Waals surface area (Å²) in [4.78, 5) is 29.8. The Hall–Kier alpha value is -0.130. The van der Waals surface area contributed by atoms with E-state index in [1.54, 1.807) is 0 Å². The fourth-order valence-corrected chi connectivity index (χ4v) is 1.28. The zero-order valence-corrected chi connectivity index (χ0v) is 9.44. The van der Waals surface area contributed by atoms with Crippen molar-refractivity contribution in [3.8, 4) is 0 Å². The fourth-order valence-electron chi connectivity index (χ4n) is 0.454. The summed E-state index contributed by atoms with van der Waals surface area (Å²) in [6.45, 7) is -3.90. The second-order valence-corrected chi connectivity index (χ2v) is 5.06. The lowest BCUT2D eigenvalue weighted by atomic mass is 10.5. The van der Waals surface area contributed by atoms with Gasteiger partial charge >= 0.3 is 6.72 Å². The van der Waals surface area contributed by atoms with Gasteiger partial charge in [0.25, 0.3) is 5.91 Å². The third-order valence-electron chi connectivity index (χ3n) is 0.933. The molecule has 0 heterocycles. The summed E-state index contributed by atoms with van der Waals surface area (Å²) in [5.74, 6) is -0.979. The monoisotopic (exact) mass is 245 g/mol. The summed E-state index contributed by atoms with van der Waals surface area (Å²) >= 11 is 9.39. The van der Waals surface area contributed by atoms with Gasteiger partial charge in [0.2, 0.25) is 5.76 Å². The molecule has 0 unspecified atom stereocenters. The van der Waals surface area contributed by atoms with Crippen LogP contribution in [0.5, 0.6) is 0 Å². The van der Waals surface area contributed by atoms with Crippen molar-refractivity contribution in [3.05, 3.63) is 11.3 Å². The minimum absolute atomic E-state index is 0.389. The van der Waals surface area contributed by atoms with Gasteiger partial charge in [-0.1, -0.05) is 11.6 Å². The highest BCUT2D eigenvalue weighted by molar-refractivity contribution is 8.06. The van der Waals surface area contributed by atoms with E-state index in [-0.39, 0.29) is 5.76 Å². The summed E-state index contributed by atoms with van der Waals surface area (Å²) in [6, 6.07) is 0. The number of rotatable bonds is 3. The van der Waals surface area contributed by atoms with E-state index in [0.717, 1.165) is 5.54 Å². The molecular formula is C5H9ClNO4PS. The van der Waals surface area contributed by atoms with Crippen molar-refractivity contribution >= 4 is 36.0 Å². The Morgan fingerprint density at radius 3 is 2.31 bits per heavy atom. The lowest BCUT2D eigenvalue weighted by molar-refractivity contribution is -0.127. The Labute approximate surface area is 85.8 Å². The van der Waals surface area contributed by atoms with Crippen LogP contribution in [-0.4, -0.2) is 34.7 Å². The third-order valence-corrected chi connectivity index (χ3v) is 1.79. The molecule has 0 aliphatic carbocycles. The van der Waals surface area contributed by atoms with Crippen molar-refractivity contribution < 1.29 is 19.1 Å². The van der Waals surface area contributed by atoms with Crippen LogP contribution in [0.1, 0.15) is 0 Å². The van der Waals surface area contributed by atoms with Crippen molar-refractivity contribution in [1.29, 1.82) is 0 Å². The number of nitrogens with zero attached hydrogens (tertiary/aromatic N) is 1. The molecule has 0 aromatic heterocycles. The number of likely N-dealkylation sites (N-methyl/N-ethyl adjacent to an activating group) is 1. The minimum Gasteiger partial charge on any atom is -0.417 e. The molecule has 8 heteroatoms. The van der Waals surface area contributed by atoms with Gasteiger partial charge in [-0.2, -0.15) is 0 Å². The van der Waals surface area contributed by atoms with Crippen LogP contribution in [0.3, 0.4) is 0 Å². The standard InChI is InChI=1S/C5H9ClNO4PS/c1-7(2)5(8)4(3-6)11-12(9,10)13/h3H,1-2H3,(H2,9,10,13). The molecule has 0 atom stereocenters. The van der Waals surface area contributed by atoms with Gasteiger partial charge in [-0.15, -0.1) is 0 Å². The van der Waals surface area contributed by atoms with Gasteiger partial charge in [0.05, 0.1) is 5.54 Å². The zero-order valence-electron chi connectivity index (χ0n) is 6.97. The van der Waals surface area contributed by atoms with Gasteiger partial charge in [0.1, 0.15) is 0 Å². The molecule has 0 saturated heterocycles. The molecular weight excluding hydrogens is 237 g/mol. The van der Waals surface area contributed by atoms with E-state index >= 15 is 0 Å². The lowest BCUT2D eigenvalue weighted by Gasteiger charge is -2.15. The van der Waals surface area contributed by atoms with Crippen molar-refractivity contribution in [3.63, 3.8) is 0 Å². The van der Waals surface area contributed by atoms with E-state index in [0.29, 0.717) is 0 Å². The highest BCUT2D eigenvalue weighted by Gasteiger charge is 2.19. The van der Waals surface area contributed by atoms with E-state index in [1.165, 1.54) is 19.0 Å². The van der Waals surface area contributed by atoms with Crippen molar-refractivity contribution in [1.82, 2.24) is 4.90 Å². The lowest BCUT2D eigenvalue weighted by Crippen LogP contribution is -2.24. The second kappa shape index (κ2) is 4.93. The normalized spacial score (nSPS) is 12.5. The molecule has 2 N–H and O–H groups in total. The average Bonchev–Trinajstić information content (AvgIpc) is 1.97. The predicted octanol–water partition coefficient (Wildman–Crippen LogP) is 0.380. The Bertz CT molecular complexity index is 274. The van der Waals surface area contributed by atoms with Crippen LogP contribution in [0.2, 0.25) is 0 Å². The van der Waals surface area contributed by atoms with E-state index < -0.39 is 12.6 Å². The quantitative estimate of drug-likeness (QED) is 0.427. The van der Waals surface area contributed by atoms with Crippen molar-refractivity contribution in [2.24, 2.45) is 0 Å².